The van der Waals surface area contributed by atoms with Gasteiger partial charge in [0, 0.05) is 48.2 Å². The van der Waals surface area contributed by atoms with E-state index in [1.807, 2.05) is 24.5 Å². The third-order valence-electron chi connectivity index (χ3n) is 3.89. The SMILES string of the molecule is OC[C@@H]1CCC[C@H]1NCc1cnc(-c2cccnc2)s1. The van der Waals surface area contributed by atoms with Gasteiger partial charge in [-0.1, -0.05) is 6.42 Å². The maximum Gasteiger partial charge on any atom is 0.125 e. The molecule has 2 aromatic heterocycles. The van der Waals surface area contributed by atoms with Gasteiger partial charge in [-0.25, -0.2) is 4.98 Å². The van der Waals surface area contributed by atoms with E-state index in [9.17, 15) is 5.11 Å². The van der Waals surface area contributed by atoms with Gasteiger partial charge in [0.25, 0.3) is 0 Å². The number of rotatable bonds is 5. The lowest BCUT2D eigenvalue weighted by Crippen LogP contribution is -2.33. The van der Waals surface area contributed by atoms with E-state index in [1.165, 1.54) is 17.7 Å². The van der Waals surface area contributed by atoms with Gasteiger partial charge >= 0.3 is 0 Å². The Morgan fingerprint density at radius 1 is 1.35 bits per heavy atom. The lowest BCUT2D eigenvalue weighted by Gasteiger charge is -2.18. The number of pyridine rings is 1. The minimum Gasteiger partial charge on any atom is -0.396 e. The Kier molecular flexibility index (Phi) is 4.40. The van der Waals surface area contributed by atoms with Gasteiger partial charge in [-0.05, 0) is 30.9 Å². The van der Waals surface area contributed by atoms with Crippen molar-refractivity contribution in [2.75, 3.05) is 6.61 Å². The Balaban J connectivity index is 1.60. The van der Waals surface area contributed by atoms with Gasteiger partial charge in [-0.2, -0.15) is 0 Å². The van der Waals surface area contributed by atoms with Crippen molar-refractivity contribution in [3.05, 3.63) is 35.6 Å². The number of aromatic nitrogens is 2. The summed E-state index contributed by atoms with van der Waals surface area (Å²) in [5.74, 6) is 0.417. The highest BCUT2D eigenvalue weighted by Gasteiger charge is 2.25. The van der Waals surface area contributed by atoms with E-state index in [1.54, 1.807) is 17.5 Å². The Labute approximate surface area is 122 Å². The molecule has 5 heteroatoms. The molecule has 1 saturated carbocycles. The van der Waals surface area contributed by atoms with Gasteiger partial charge in [0.05, 0.1) is 0 Å². The molecule has 0 spiro atoms. The van der Waals surface area contributed by atoms with Gasteiger partial charge in [-0.3, -0.25) is 4.98 Å². The number of thiazole rings is 1. The zero-order chi connectivity index (χ0) is 13.8. The molecule has 2 aromatic rings. The van der Waals surface area contributed by atoms with E-state index in [2.05, 4.69) is 15.3 Å². The van der Waals surface area contributed by atoms with Crippen LogP contribution in [0.1, 0.15) is 24.1 Å². The molecule has 0 aromatic carbocycles. The van der Waals surface area contributed by atoms with Crippen molar-refractivity contribution in [1.29, 1.82) is 0 Å². The van der Waals surface area contributed by atoms with Crippen LogP contribution in [-0.4, -0.2) is 27.7 Å². The van der Waals surface area contributed by atoms with Crippen LogP contribution in [0.5, 0.6) is 0 Å². The Morgan fingerprint density at radius 3 is 3.10 bits per heavy atom. The van der Waals surface area contributed by atoms with Crippen LogP contribution in [0.15, 0.2) is 30.7 Å². The van der Waals surface area contributed by atoms with Crippen molar-refractivity contribution >= 4 is 11.3 Å². The van der Waals surface area contributed by atoms with Gasteiger partial charge in [-0.15, -0.1) is 11.3 Å². The molecule has 2 heterocycles. The molecule has 0 saturated heterocycles. The smallest absolute Gasteiger partial charge is 0.125 e. The Bertz CT molecular complexity index is 543. The average molecular weight is 289 g/mol. The molecule has 1 aliphatic rings. The molecule has 0 aliphatic heterocycles. The molecule has 4 nitrogen and oxygen atoms in total. The maximum absolute atomic E-state index is 9.33. The van der Waals surface area contributed by atoms with Gasteiger partial charge < -0.3 is 10.4 Å². The van der Waals surface area contributed by atoms with E-state index in [0.29, 0.717) is 18.6 Å². The second kappa shape index (κ2) is 6.43. The molecule has 2 atom stereocenters. The average Bonchev–Trinajstić information content (AvgIpc) is 3.15. The molecule has 0 unspecified atom stereocenters. The molecule has 20 heavy (non-hydrogen) atoms. The number of nitrogens with zero attached hydrogens (tertiary/aromatic N) is 2. The van der Waals surface area contributed by atoms with Crippen LogP contribution in [0.2, 0.25) is 0 Å². The lowest BCUT2D eigenvalue weighted by atomic mass is 10.1. The predicted molar refractivity (Wildman–Crippen MR) is 80.4 cm³/mol. The van der Waals surface area contributed by atoms with Crippen molar-refractivity contribution in [2.45, 2.75) is 31.8 Å². The number of aliphatic hydroxyl groups is 1. The number of nitrogens with one attached hydrogen (secondary N) is 1. The second-order valence-corrected chi connectivity index (χ2v) is 6.35. The molecular formula is C15H19N3OS. The normalized spacial score (nSPS) is 22.2. The summed E-state index contributed by atoms with van der Waals surface area (Å²) in [4.78, 5) is 9.81. The summed E-state index contributed by atoms with van der Waals surface area (Å²) in [5, 5.41) is 13.9. The van der Waals surface area contributed by atoms with Crippen molar-refractivity contribution in [3.8, 4) is 10.6 Å². The Hall–Kier alpha value is -1.30. The molecule has 1 fully saturated rings. The van der Waals surface area contributed by atoms with Crippen LogP contribution in [0.4, 0.5) is 0 Å². The fraction of sp³-hybridized carbons (Fsp3) is 0.467. The molecule has 106 valence electrons. The van der Waals surface area contributed by atoms with E-state index in [4.69, 9.17) is 0 Å². The first-order chi connectivity index (χ1) is 9.86. The third kappa shape index (κ3) is 3.06. The van der Waals surface area contributed by atoms with Crippen molar-refractivity contribution < 1.29 is 5.11 Å². The molecular weight excluding hydrogens is 270 g/mol. The predicted octanol–water partition coefficient (Wildman–Crippen LogP) is 2.46. The van der Waals surface area contributed by atoms with E-state index >= 15 is 0 Å². The summed E-state index contributed by atoms with van der Waals surface area (Å²) in [6.45, 7) is 1.13. The van der Waals surface area contributed by atoms with Crippen LogP contribution in [0.3, 0.4) is 0 Å². The summed E-state index contributed by atoms with van der Waals surface area (Å²) in [6.07, 6.45) is 9.07. The summed E-state index contributed by atoms with van der Waals surface area (Å²) < 4.78 is 0. The van der Waals surface area contributed by atoms with Gasteiger partial charge in [0.2, 0.25) is 0 Å². The summed E-state index contributed by atoms with van der Waals surface area (Å²) >= 11 is 1.70. The molecule has 1 aliphatic carbocycles. The van der Waals surface area contributed by atoms with Crippen molar-refractivity contribution in [3.63, 3.8) is 0 Å². The highest BCUT2D eigenvalue weighted by atomic mass is 32.1. The molecule has 2 N–H and O–H groups in total. The minimum absolute atomic E-state index is 0.293. The van der Waals surface area contributed by atoms with Crippen molar-refractivity contribution in [1.82, 2.24) is 15.3 Å². The van der Waals surface area contributed by atoms with E-state index in [-0.39, 0.29) is 0 Å². The maximum atomic E-state index is 9.33. The monoisotopic (exact) mass is 289 g/mol. The van der Waals surface area contributed by atoms with Gasteiger partial charge in [0.15, 0.2) is 0 Å². The topological polar surface area (TPSA) is 58.0 Å². The van der Waals surface area contributed by atoms with Crippen LogP contribution in [0.25, 0.3) is 10.6 Å². The Morgan fingerprint density at radius 2 is 2.30 bits per heavy atom. The van der Waals surface area contributed by atoms with Crippen LogP contribution in [-0.2, 0) is 6.54 Å². The van der Waals surface area contributed by atoms with Gasteiger partial charge in [0.1, 0.15) is 5.01 Å². The first kappa shape index (κ1) is 13.7. The molecule has 0 radical (unpaired) electrons. The summed E-state index contributed by atoms with van der Waals surface area (Å²) in [7, 11) is 0. The summed E-state index contributed by atoms with van der Waals surface area (Å²) in [5.41, 5.74) is 1.07. The third-order valence-corrected chi connectivity index (χ3v) is 4.94. The summed E-state index contributed by atoms with van der Waals surface area (Å²) in [6, 6.07) is 4.41. The number of hydrogen-bond acceptors (Lipinski definition) is 5. The van der Waals surface area contributed by atoms with Crippen LogP contribution >= 0.6 is 11.3 Å². The highest BCUT2D eigenvalue weighted by molar-refractivity contribution is 7.15. The first-order valence-electron chi connectivity index (χ1n) is 7.06. The molecule has 3 rings (SSSR count). The second-order valence-electron chi connectivity index (χ2n) is 5.23. The quantitative estimate of drug-likeness (QED) is 0.887. The molecule has 0 amide bonds. The number of hydrogen-bond donors (Lipinski definition) is 2. The molecule has 0 bridgehead atoms. The number of aliphatic hydroxyl groups excluding tert-OH is 1. The van der Waals surface area contributed by atoms with Crippen LogP contribution in [0, 0.1) is 5.92 Å². The standard InChI is InChI=1S/C15H19N3OS/c19-10-12-3-1-5-14(12)17-8-13-9-18-15(20-13)11-4-2-6-16-7-11/h2,4,6-7,9,12,14,17,19H,1,3,5,8,10H2/t12-,14+/m0/s1. The zero-order valence-electron chi connectivity index (χ0n) is 11.3. The largest absolute Gasteiger partial charge is 0.396 e. The lowest BCUT2D eigenvalue weighted by molar-refractivity contribution is 0.205. The van der Waals surface area contributed by atoms with Crippen LogP contribution < -0.4 is 5.32 Å². The van der Waals surface area contributed by atoms with Crippen molar-refractivity contribution in [2.24, 2.45) is 5.92 Å². The fourth-order valence-corrected chi connectivity index (χ4v) is 3.62. The minimum atomic E-state index is 0.293. The van der Waals surface area contributed by atoms with E-state index in [0.717, 1.165) is 23.5 Å². The van der Waals surface area contributed by atoms with E-state index < -0.39 is 0 Å². The zero-order valence-corrected chi connectivity index (χ0v) is 12.1. The fourth-order valence-electron chi connectivity index (χ4n) is 2.77. The first-order valence-corrected chi connectivity index (χ1v) is 7.88. The highest BCUT2D eigenvalue weighted by Crippen LogP contribution is 2.27.